The predicted octanol–water partition coefficient (Wildman–Crippen LogP) is 2.77. The normalized spacial score (nSPS) is 10.9. The maximum absolute atomic E-state index is 11.8. The Balaban J connectivity index is 1.55. The first-order chi connectivity index (χ1) is 12.1. The molecule has 2 aromatic carbocycles. The van der Waals surface area contributed by atoms with Gasteiger partial charge in [0.2, 0.25) is 0 Å². The number of hydrogen-bond acceptors (Lipinski definition) is 7. The Bertz CT molecular complexity index is 921. The summed E-state index contributed by atoms with van der Waals surface area (Å²) < 4.78 is 1.03. The molecule has 1 amide bonds. The monoisotopic (exact) mass is 355 g/mol. The molecule has 0 fully saturated rings. The minimum atomic E-state index is -0.502. The van der Waals surface area contributed by atoms with Crippen molar-refractivity contribution < 1.29 is 9.72 Å². The van der Waals surface area contributed by atoms with Gasteiger partial charge in [-0.3, -0.25) is 14.9 Å². The molecule has 0 spiro atoms. The summed E-state index contributed by atoms with van der Waals surface area (Å²) in [4.78, 5) is 26.5. The quantitative estimate of drug-likeness (QED) is 0.401. The summed E-state index contributed by atoms with van der Waals surface area (Å²) in [5, 5.41) is 18.2. The second-order valence-corrected chi connectivity index (χ2v) is 5.98. The fourth-order valence-corrected chi connectivity index (χ4v) is 2.94. The van der Waals surface area contributed by atoms with E-state index in [0.717, 1.165) is 10.2 Å². The van der Waals surface area contributed by atoms with Crippen LogP contribution >= 0.6 is 11.3 Å². The van der Waals surface area contributed by atoms with Crippen LogP contribution in [0.25, 0.3) is 10.2 Å². The topological polar surface area (TPSA) is 110 Å². The number of hydrogen-bond donors (Lipinski definition) is 2. The molecular weight excluding hydrogens is 342 g/mol. The lowest BCUT2D eigenvalue weighted by Gasteiger charge is -2.01. The first-order valence-corrected chi connectivity index (χ1v) is 8.10. The number of fused-ring (bicyclic) bond motifs is 1. The Hall–Kier alpha value is -3.33. The molecule has 0 aliphatic carbocycles. The third-order valence-corrected chi connectivity index (χ3v) is 4.21. The highest BCUT2D eigenvalue weighted by molar-refractivity contribution is 7.22. The lowest BCUT2D eigenvalue weighted by atomic mass is 10.2. The van der Waals surface area contributed by atoms with Crippen LogP contribution in [0.15, 0.2) is 53.6 Å². The zero-order valence-corrected chi connectivity index (χ0v) is 13.7. The van der Waals surface area contributed by atoms with Crippen LogP contribution in [0.5, 0.6) is 0 Å². The van der Waals surface area contributed by atoms with Crippen LogP contribution in [0.1, 0.15) is 5.56 Å². The summed E-state index contributed by atoms with van der Waals surface area (Å²) in [6.07, 6.45) is 1.24. The molecule has 0 aliphatic rings. The van der Waals surface area contributed by atoms with Crippen LogP contribution in [0, 0.1) is 10.1 Å². The van der Waals surface area contributed by atoms with E-state index in [-0.39, 0.29) is 18.1 Å². The molecule has 3 rings (SSSR count). The molecule has 0 aliphatic heterocycles. The second-order valence-electron chi connectivity index (χ2n) is 4.95. The minimum Gasteiger partial charge on any atom is -0.352 e. The number of amides is 1. The molecule has 0 saturated heterocycles. The van der Waals surface area contributed by atoms with Crippen molar-refractivity contribution in [1.29, 1.82) is 0 Å². The number of aromatic nitrogens is 1. The maximum atomic E-state index is 11.8. The molecule has 1 aromatic heterocycles. The second kappa shape index (κ2) is 7.49. The maximum Gasteiger partial charge on any atom is 0.278 e. The summed E-state index contributed by atoms with van der Waals surface area (Å²) in [5.41, 5.74) is 3.43. The molecule has 1 heterocycles. The number of nitro groups is 1. The van der Waals surface area contributed by atoms with Crippen molar-refractivity contribution in [1.82, 2.24) is 10.4 Å². The van der Waals surface area contributed by atoms with Crippen molar-refractivity contribution in [2.45, 2.75) is 0 Å². The van der Waals surface area contributed by atoms with Crippen LogP contribution in [0.4, 0.5) is 10.8 Å². The van der Waals surface area contributed by atoms with E-state index < -0.39 is 4.92 Å². The summed E-state index contributed by atoms with van der Waals surface area (Å²) in [6, 6.07) is 13.8. The smallest absolute Gasteiger partial charge is 0.278 e. The molecule has 0 atom stereocenters. The average Bonchev–Trinajstić information content (AvgIpc) is 3.03. The van der Waals surface area contributed by atoms with Gasteiger partial charge in [0, 0.05) is 6.07 Å². The van der Waals surface area contributed by atoms with Crippen molar-refractivity contribution in [3.05, 3.63) is 64.2 Å². The van der Waals surface area contributed by atoms with Gasteiger partial charge in [0.05, 0.1) is 33.5 Å². The Morgan fingerprint density at radius 3 is 2.80 bits per heavy atom. The molecule has 9 heteroatoms. The van der Waals surface area contributed by atoms with Crippen molar-refractivity contribution in [3.63, 3.8) is 0 Å². The lowest BCUT2D eigenvalue weighted by Crippen LogP contribution is -2.25. The molecule has 0 unspecified atom stereocenters. The third-order valence-electron chi connectivity index (χ3n) is 3.22. The number of hydrazone groups is 1. The van der Waals surface area contributed by atoms with E-state index in [1.807, 2.05) is 24.3 Å². The Morgan fingerprint density at radius 1 is 1.24 bits per heavy atom. The first kappa shape index (κ1) is 16.5. The Labute approximate surface area is 146 Å². The predicted molar refractivity (Wildman–Crippen MR) is 96.9 cm³/mol. The molecule has 126 valence electrons. The van der Waals surface area contributed by atoms with Gasteiger partial charge in [0.15, 0.2) is 5.13 Å². The van der Waals surface area contributed by atoms with E-state index in [1.54, 1.807) is 18.2 Å². The number of anilines is 1. The molecule has 8 nitrogen and oxygen atoms in total. The zero-order valence-electron chi connectivity index (χ0n) is 12.9. The number of nitrogens with one attached hydrogen (secondary N) is 2. The summed E-state index contributed by atoms with van der Waals surface area (Å²) in [7, 11) is 0. The van der Waals surface area contributed by atoms with Crippen LogP contribution in [-0.2, 0) is 4.79 Å². The fraction of sp³-hybridized carbons (Fsp3) is 0.0625. The summed E-state index contributed by atoms with van der Waals surface area (Å²) in [6.45, 7) is -0.00591. The van der Waals surface area contributed by atoms with Gasteiger partial charge in [-0.05, 0) is 18.2 Å². The standard InChI is InChI=1S/C16H13N5O3S/c22-15(10-17-16-19-12-6-2-4-8-14(12)25-16)20-18-9-11-5-1-3-7-13(11)21(23)24/h1-9H,10H2,(H,17,19)(H,20,22)/b18-9-. The summed E-state index contributed by atoms with van der Waals surface area (Å²) >= 11 is 1.45. The lowest BCUT2D eigenvalue weighted by molar-refractivity contribution is -0.385. The Morgan fingerprint density at radius 2 is 2.00 bits per heavy atom. The molecule has 0 radical (unpaired) electrons. The molecular formula is C16H13N5O3S. The van der Waals surface area contributed by atoms with Crippen LogP contribution in [0.2, 0.25) is 0 Å². The molecule has 0 saturated carbocycles. The number of nitrogens with zero attached hydrogens (tertiary/aromatic N) is 3. The molecule has 0 bridgehead atoms. The number of thiazole rings is 1. The Kier molecular flexibility index (Phi) is 4.95. The summed E-state index contributed by atoms with van der Waals surface area (Å²) in [5.74, 6) is -0.380. The highest BCUT2D eigenvalue weighted by atomic mass is 32.1. The SMILES string of the molecule is O=C(CNc1nc2ccccc2s1)N/N=C\c1ccccc1[N+](=O)[O-]. The molecule has 25 heavy (non-hydrogen) atoms. The largest absolute Gasteiger partial charge is 0.352 e. The van der Waals surface area contributed by atoms with Crippen molar-refractivity contribution in [2.24, 2.45) is 5.10 Å². The van der Waals surface area contributed by atoms with Crippen LogP contribution in [-0.4, -0.2) is 28.6 Å². The zero-order chi connectivity index (χ0) is 17.6. The number of para-hydroxylation sites is 2. The highest BCUT2D eigenvalue weighted by Gasteiger charge is 2.10. The third kappa shape index (κ3) is 4.15. The van der Waals surface area contributed by atoms with Gasteiger partial charge in [-0.2, -0.15) is 5.10 Å². The van der Waals surface area contributed by atoms with E-state index in [0.29, 0.717) is 10.7 Å². The highest BCUT2D eigenvalue weighted by Crippen LogP contribution is 2.24. The van der Waals surface area contributed by atoms with E-state index in [4.69, 9.17) is 0 Å². The fourth-order valence-electron chi connectivity index (χ4n) is 2.08. The number of benzene rings is 2. The first-order valence-electron chi connectivity index (χ1n) is 7.28. The van der Waals surface area contributed by atoms with Gasteiger partial charge in [-0.15, -0.1) is 0 Å². The minimum absolute atomic E-state index is 0.00591. The number of carbonyl (C=O) groups excluding carboxylic acids is 1. The van der Waals surface area contributed by atoms with E-state index in [9.17, 15) is 14.9 Å². The molecule has 2 N–H and O–H groups in total. The number of rotatable bonds is 6. The van der Waals surface area contributed by atoms with Crippen LogP contribution in [0.3, 0.4) is 0 Å². The van der Waals surface area contributed by atoms with Gasteiger partial charge in [0.1, 0.15) is 0 Å². The number of carbonyl (C=O) groups is 1. The number of nitro benzene ring substituents is 1. The average molecular weight is 355 g/mol. The van der Waals surface area contributed by atoms with Gasteiger partial charge in [-0.25, -0.2) is 10.4 Å². The molecule has 3 aromatic rings. The van der Waals surface area contributed by atoms with Crippen molar-refractivity contribution >= 4 is 44.5 Å². The van der Waals surface area contributed by atoms with Crippen molar-refractivity contribution in [3.8, 4) is 0 Å². The van der Waals surface area contributed by atoms with Gasteiger partial charge >= 0.3 is 0 Å². The van der Waals surface area contributed by atoms with E-state index in [1.165, 1.54) is 23.6 Å². The van der Waals surface area contributed by atoms with Crippen LogP contribution < -0.4 is 10.7 Å². The van der Waals surface area contributed by atoms with Gasteiger partial charge in [0.25, 0.3) is 11.6 Å². The van der Waals surface area contributed by atoms with E-state index in [2.05, 4.69) is 20.8 Å². The van der Waals surface area contributed by atoms with E-state index >= 15 is 0 Å². The van der Waals surface area contributed by atoms with Gasteiger partial charge in [-0.1, -0.05) is 35.6 Å². The van der Waals surface area contributed by atoms with Crippen molar-refractivity contribution in [2.75, 3.05) is 11.9 Å². The van der Waals surface area contributed by atoms with Gasteiger partial charge < -0.3 is 5.32 Å².